The molecule has 2 atom stereocenters. The molecule has 1 heteroatoms. The Morgan fingerprint density at radius 1 is 1.50 bits per heavy atom. The highest BCUT2D eigenvalue weighted by Gasteiger charge is 2.25. The summed E-state index contributed by atoms with van der Waals surface area (Å²) >= 11 is 0. The molecule has 0 aliphatic heterocycles. The van der Waals surface area contributed by atoms with Crippen molar-refractivity contribution in [1.82, 2.24) is 5.32 Å². The van der Waals surface area contributed by atoms with Crippen LogP contribution >= 0.6 is 0 Å². The third kappa shape index (κ3) is 1.03. The van der Waals surface area contributed by atoms with Crippen LogP contribution in [-0.2, 0) is 0 Å². The Kier molecular flexibility index (Phi) is 1.90. The Labute approximate surface area is 51.5 Å². The average Bonchev–Trinajstić information content (AvgIpc) is 1.79. The van der Waals surface area contributed by atoms with Gasteiger partial charge in [-0.05, 0) is 31.8 Å². The lowest BCUT2D eigenvalue weighted by molar-refractivity contribution is 0.195. The van der Waals surface area contributed by atoms with Gasteiger partial charge >= 0.3 is 0 Å². The maximum atomic E-state index is 3.20. The molecule has 0 aromatic carbocycles. The van der Waals surface area contributed by atoms with Crippen LogP contribution in [0.4, 0.5) is 0 Å². The van der Waals surface area contributed by atoms with Gasteiger partial charge in [0.05, 0.1) is 0 Å². The molecule has 0 aromatic heterocycles. The third-order valence-corrected chi connectivity index (χ3v) is 2.26. The van der Waals surface area contributed by atoms with Crippen molar-refractivity contribution in [1.29, 1.82) is 0 Å². The van der Waals surface area contributed by atoms with Crippen LogP contribution in [0.2, 0.25) is 0 Å². The van der Waals surface area contributed by atoms with Gasteiger partial charge in [0, 0.05) is 0 Å². The molecule has 8 heavy (non-hydrogen) atoms. The van der Waals surface area contributed by atoms with Gasteiger partial charge in [0.15, 0.2) is 0 Å². The Morgan fingerprint density at radius 3 is 2.38 bits per heavy atom. The lowest BCUT2D eigenvalue weighted by Gasteiger charge is -2.33. The molecule has 0 saturated heterocycles. The molecule has 1 rings (SSSR count). The topological polar surface area (TPSA) is 12.0 Å². The van der Waals surface area contributed by atoms with Crippen LogP contribution in [0.15, 0.2) is 0 Å². The first-order chi connectivity index (χ1) is 3.84. The van der Waals surface area contributed by atoms with Crippen molar-refractivity contribution < 1.29 is 0 Å². The van der Waals surface area contributed by atoms with Crippen molar-refractivity contribution in [2.24, 2.45) is 11.8 Å². The first-order valence-corrected chi connectivity index (χ1v) is 3.49. The van der Waals surface area contributed by atoms with E-state index in [0.717, 1.165) is 11.8 Å². The molecule has 0 heterocycles. The molecule has 0 spiro atoms. The molecular formula is C7H15N. The normalized spacial score (nSPS) is 36.8. The van der Waals surface area contributed by atoms with Crippen LogP contribution in [0.5, 0.6) is 0 Å². The molecule has 1 aliphatic rings. The van der Waals surface area contributed by atoms with E-state index in [4.69, 9.17) is 0 Å². The second-order valence-corrected chi connectivity index (χ2v) is 2.87. The summed E-state index contributed by atoms with van der Waals surface area (Å²) < 4.78 is 0. The summed E-state index contributed by atoms with van der Waals surface area (Å²) in [6.45, 7) is 3.56. The largest absolute Gasteiger partial charge is 0.319 e. The molecule has 1 fully saturated rings. The highest BCUT2D eigenvalue weighted by atomic mass is 14.8. The molecule has 0 bridgehead atoms. The van der Waals surface area contributed by atoms with Crippen molar-refractivity contribution in [3.8, 4) is 0 Å². The van der Waals surface area contributed by atoms with Crippen molar-refractivity contribution in [3.63, 3.8) is 0 Å². The van der Waals surface area contributed by atoms with E-state index in [-0.39, 0.29) is 0 Å². The molecular weight excluding hydrogens is 98.1 g/mol. The average molecular weight is 113 g/mol. The lowest BCUT2D eigenvalue weighted by Crippen LogP contribution is -2.31. The number of hydrogen-bond donors (Lipinski definition) is 1. The summed E-state index contributed by atoms with van der Waals surface area (Å²) in [6, 6.07) is 0. The molecule has 1 saturated carbocycles. The first-order valence-electron chi connectivity index (χ1n) is 3.49. The fourth-order valence-electron chi connectivity index (χ4n) is 1.30. The predicted octanol–water partition coefficient (Wildman–Crippen LogP) is 1.25. The molecule has 1 nitrogen and oxygen atoms in total. The standard InChI is InChI=1S/C7H15N/c1-6-3-4-7(6)5-8-2/h6-8H,3-5H2,1-2H3/t6-,7-/m1/s1. The molecule has 1 N–H and O–H groups in total. The van der Waals surface area contributed by atoms with E-state index < -0.39 is 0 Å². The zero-order valence-electron chi connectivity index (χ0n) is 5.78. The monoisotopic (exact) mass is 113 g/mol. The van der Waals surface area contributed by atoms with Gasteiger partial charge in [-0.15, -0.1) is 0 Å². The molecule has 48 valence electrons. The molecule has 0 amide bonds. The molecule has 1 aliphatic carbocycles. The van der Waals surface area contributed by atoms with Crippen molar-refractivity contribution >= 4 is 0 Å². The summed E-state index contributed by atoms with van der Waals surface area (Å²) in [4.78, 5) is 0. The highest BCUT2D eigenvalue weighted by molar-refractivity contribution is 4.77. The van der Waals surface area contributed by atoms with Gasteiger partial charge in [-0.25, -0.2) is 0 Å². The Hall–Kier alpha value is -0.0400. The van der Waals surface area contributed by atoms with Crippen LogP contribution in [0.1, 0.15) is 19.8 Å². The van der Waals surface area contributed by atoms with Crippen LogP contribution in [-0.4, -0.2) is 13.6 Å². The van der Waals surface area contributed by atoms with Gasteiger partial charge in [0.1, 0.15) is 0 Å². The summed E-state index contributed by atoms with van der Waals surface area (Å²) in [7, 11) is 2.03. The minimum atomic E-state index is 0.986. The number of nitrogens with one attached hydrogen (secondary N) is 1. The minimum absolute atomic E-state index is 0.986. The van der Waals surface area contributed by atoms with Gasteiger partial charge in [-0.3, -0.25) is 0 Å². The zero-order chi connectivity index (χ0) is 5.98. The fourth-order valence-corrected chi connectivity index (χ4v) is 1.30. The Morgan fingerprint density at radius 2 is 2.25 bits per heavy atom. The predicted molar refractivity (Wildman–Crippen MR) is 35.8 cm³/mol. The van der Waals surface area contributed by atoms with Crippen molar-refractivity contribution in [2.45, 2.75) is 19.8 Å². The molecule has 0 unspecified atom stereocenters. The zero-order valence-corrected chi connectivity index (χ0v) is 5.78. The maximum absolute atomic E-state index is 3.20. The van der Waals surface area contributed by atoms with Crippen LogP contribution < -0.4 is 5.32 Å². The van der Waals surface area contributed by atoms with Gasteiger partial charge in [-0.1, -0.05) is 13.3 Å². The highest BCUT2D eigenvalue weighted by Crippen LogP contribution is 2.32. The van der Waals surface area contributed by atoms with Crippen LogP contribution in [0.25, 0.3) is 0 Å². The fraction of sp³-hybridized carbons (Fsp3) is 1.00. The molecule has 0 radical (unpaired) electrons. The lowest BCUT2D eigenvalue weighted by atomic mass is 9.75. The van der Waals surface area contributed by atoms with Crippen LogP contribution in [0.3, 0.4) is 0 Å². The second kappa shape index (κ2) is 2.49. The first kappa shape index (κ1) is 6.09. The van der Waals surface area contributed by atoms with E-state index >= 15 is 0 Å². The second-order valence-electron chi connectivity index (χ2n) is 2.87. The van der Waals surface area contributed by atoms with E-state index in [1.54, 1.807) is 0 Å². The SMILES string of the molecule is CNC[C@H]1CC[C@H]1C. The summed E-state index contributed by atoms with van der Waals surface area (Å²) in [5, 5.41) is 3.20. The molecule has 0 aromatic rings. The van der Waals surface area contributed by atoms with E-state index in [1.165, 1.54) is 19.4 Å². The van der Waals surface area contributed by atoms with Gasteiger partial charge in [0.25, 0.3) is 0 Å². The van der Waals surface area contributed by atoms with E-state index in [2.05, 4.69) is 12.2 Å². The van der Waals surface area contributed by atoms with Crippen molar-refractivity contribution in [2.75, 3.05) is 13.6 Å². The smallest absolute Gasteiger partial charge is 0.00210 e. The van der Waals surface area contributed by atoms with Gasteiger partial charge in [0.2, 0.25) is 0 Å². The van der Waals surface area contributed by atoms with Crippen molar-refractivity contribution in [3.05, 3.63) is 0 Å². The number of hydrogen-bond acceptors (Lipinski definition) is 1. The van der Waals surface area contributed by atoms with Gasteiger partial charge < -0.3 is 5.32 Å². The van der Waals surface area contributed by atoms with E-state index in [9.17, 15) is 0 Å². The van der Waals surface area contributed by atoms with E-state index in [1.807, 2.05) is 7.05 Å². The summed E-state index contributed by atoms with van der Waals surface area (Å²) in [5.41, 5.74) is 0. The summed E-state index contributed by atoms with van der Waals surface area (Å²) in [5.74, 6) is 1.97. The van der Waals surface area contributed by atoms with Crippen LogP contribution in [0, 0.1) is 11.8 Å². The summed E-state index contributed by atoms with van der Waals surface area (Å²) in [6.07, 6.45) is 2.90. The Bertz CT molecular complexity index is 70.8. The quantitative estimate of drug-likeness (QED) is 0.568. The van der Waals surface area contributed by atoms with E-state index in [0.29, 0.717) is 0 Å². The van der Waals surface area contributed by atoms with Gasteiger partial charge in [-0.2, -0.15) is 0 Å². The minimum Gasteiger partial charge on any atom is -0.319 e. The number of rotatable bonds is 2. The maximum Gasteiger partial charge on any atom is -0.00210 e. The Balaban J connectivity index is 2.08. The third-order valence-electron chi connectivity index (χ3n) is 2.26.